The van der Waals surface area contributed by atoms with Crippen LogP contribution in [0.1, 0.15) is 46.6 Å². The summed E-state index contributed by atoms with van der Waals surface area (Å²) in [5.41, 5.74) is 1.97. The van der Waals surface area contributed by atoms with Gasteiger partial charge in [-0.3, -0.25) is 0 Å². The van der Waals surface area contributed by atoms with Crippen molar-refractivity contribution in [3.05, 3.63) is 39.5 Å². The van der Waals surface area contributed by atoms with Crippen molar-refractivity contribution >= 4 is 50.2 Å². The van der Waals surface area contributed by atoms with Crippen LogP contribution in [0.4, 0.5) is 4.79 Å². The lowest BCUT2D eigenvalue weighted by molar-refractivity contribution is -0.0357. The van der Waals surface area contributed by atoms with Crippen LogP contribution >= 0.6 is 38.5 Å². The average molecular weight is 507 g/mol. The molecule has 0 amide bonds. The molecule has 0 fully saturated rings. The maximum absolute atomic E-state index is 12.1. The number of ether oxygens (including phenoxy) is 2. The zero-order valence-corrected chi connectivity index (χ0v) is 18.5. The molecular weight excluding hydrogens is 483 g/mol. The number of hydrogen-bond donors (Lipinski definition) is 0. The number of halogens is 2. The third kappa shape index (κ3) is 4.54. The van der Waals surface area contributed by atoms with E-state index in [4.69, 9.17) is 9.47 Å². The molecule has 0 radical (unpaired) electrons. The number of allylic oxidation sites excluding steroid dienone is 1. The second-order valence-corrected chi connectivity index (χ2v) is 10.3. The van der Waals surface area contributed by atoms with Crippen molar-refractivity contribution in [2.45, 2.75) is 57.1 Å². The molecule has 0 aromatic heterocycles. The van der Waals surface area contributed by atoms with Gasteiger partial charge in [-0.2, -0.15) is 0 Å². The van der Waals surface area contributed by atoms with E-state index in [0.717, 1.165) is 0 Å². The van der Waals surface area contributed by atoms with Gasteiger partial charge in [0, 0.05) is 12.3 Å². The predicted octanol–water partition coefficient (Wildman–Crippen LogP) is 6.35. The van der Waals surface area contributed by atoms with E-state index < -0.39 is 11.8 Å². The molecule has 0 aliphatic heterocycles. The monoisotopic (exact) mass is 506 g/mol. The maximum Gasteiger partial charge on any atom is 0.509 e. The molecule has 0 heterocycles. The summed E-state index contributed by atoms with van der Waals surface area (Å²) < 4.78 is 11.8. The van der Waals surface area contributed by atoms with Gasteiger partial charge in [0.25, 0.3) is 0 Å². The van der Waals surface area contributed by atoms with Crippen LogP contribution in [0.2, 0.25) is 0 Å². The first kappa shape index (κ1) is 19.8. The van der Waals surface area contributed by atoms with Gasteiger partial charge in [-0.15, -0.1) is 0 Å². The lowest BCUT2D eigenvalue weighted by Gasteiger charge is -2.42. The molecule has 0 N–H and O–H groups in total. The van der Waals surface area contributed by atoms with E-state index in [-0.39, 0.29) is 16.3 Å². The number of rotatable bonds is 2. The number of carbonyl (C=O) groups excluding carboxylic acids is 1. The minimum atomic E-state index is -0.613. The molecule has 1 aliphatic rings. The van der Waals surface area contributed by atoms with Gasteiger partial charge in [0.1, 0.15) is 11.7 Å². The van der Waals surface area contributed by atoms with E-state index in [1.165, 1.54) is 14.7 Å². The maximum atomic E-state index is 12.1. The third-order valence-electron chi connectivity index (χ3n) is 4.28. The molecule has 0 bridgehead atoms. The predicted molar refractivity (Wildman–Crippen MR) is 110 cm³/mol. The highest BCUT2D eigenvalue weighted by atomic mass is 127. The van der Waals surface area contributed by atoms with Crippen molar-refractivity contribution in [1.29, 1.82) is 0 Å². The van der Waals surface area contributed by atoms with Crippen molar-refractivity contribution in [1.82, 2.24) is 0 Å². The molecule has 1 aromatic rings. The Hall–Kier alpha value is -0.560. The Morgan fingerprint density at radius 3 is 2.42 bits per heavy atom. The van der Waals surface area contributed by atoms with E-state index in [0.29, 0.717) is 6.42 Å². The van der Waals surface area contributed by atoms with Gasteiger partial charge in [-0.05, 0) is 65.0 Å². The van der Waals surface area contributed by atoms with E-state index >= 15 is 0 Å². The summed E-state index contributed by atoms with van der Waals surface area (Å²) in [6.07, 6.45) is -0.213. The summed E-state index contributed by atoms with van der Waals surface area (Å²) in [5, 5.41) is 0. The fourth-order valence-electron chi connectivity index (χ4n) is 2.84. The standard InChI is InChI=1S/C19H24BrIO3/c1-12-16(13-9-7-6-8-10-13)14(21)11-15(19(12,5)20)23-17(22)24-18(2,3)4/h6-10,12,15H,11H2,1-5H3/t12-,15-,19+/m1/s1. The lowest BCUT2D eigenvalue weighted by Crippen LogP contribution is -2.46. The lowest BCUT2D eigenvalue weighted by atomic mass is 9.76. The average Bonchev–Trinajstić information content (AvgIpc) is 2.44. The smallest absolute Gasteiger partial charge is 0.429 e. The highest BCUT2D eigenvalue weighted by molar-refractivity contribution is 14.1. The van der Waals surface area contributed by atoms with Crippen LogP contribution in [0, 0.1) is 5.92 Å². The highest BCUT2D eigenvalue weighted by Gasteiger charge is 2.46. The number of alkyl halides is 1. The Balaban J connectivity index is 2.26. The summed E-state index contributed by atoms with van der Waals surface area (Å²) in [6, 6.07) is 10.4. The Kier molecular flexibility index (Phi) is 6.06. The quantitative estimate of drug-likeness (QED) is 0.266. The zero-order chi connectivity index (χ0) is 18.1. The number of carbonyl (C=O) groups is 1. The van der Waals surface area contributed by atoms with Gasteiger partial charge in [0.15, 0.2) is 0 Å². The van der Waals surface area contributed by atoms with Crippen LogP contribution in [0.3, 0.4) is 0 Å². The van der Waals surface area contributed by atoms with Crippen LogP contribution in [-0.2, 0) is 9.47 Å². The molecule has 0 saturated heterocycles. The van der Waals surface area contributed by atoms with Crippen LogP contribution in [-0.4, -0.2) is 22.2 Å². The van der Waals surface area contributed by atoms with Crippen molar-refractivity contribution in [3.63, 3.8) is 0 Å². The summed E-state index contributed by atoms with van der Waals surface area (Å²) >= 11 is 6.20. The largest absolute Gasteiger partial charge is 0.509 e. The van der Waals surface area contributed by atoms with Crippen molar-refractivity contribution in [2.75, 3.05) is 0 Å². The van der Waals surface area contributed by atoms with Crippen molar-refractivity contribution in [3.8, 4) is 0 Å². The molecule has 1 aromatic carbocycles. The molecule has 24 heavy (non-hydrogen) atoms. The molecule has 2 rings (SSSR count). The van der Waals surface area contributed by atoms with Gasteiger partial charge in [0.05, 0.1) is 4.32 Å². The third-order valence-corrected chi connectivity index (χ3v) is 6.50. The summed E-state index contributed by atoms with van der Waals surface area (Å²) in [7, 11) is 0. The second kappa shape index (κ2) is 7.36. The zero-order valence-electron chi connectivity index (χ0n) is 14.7. The van der Waals surface area contributed by atoms with Crippen LogP contribution in [0.15, 0.2) is 33.9 Å². The molecule has 1 aliphatic carbocycles. The Morgan fingerprint density at radius 2 is 1.88 bits per heavy atom. The van der Waals surface area contributed by atoms with E-state index in [9.17, 15) is 4.79 Å². The van der Waals surface area contributed by atoms with E-state index in [2.05, 4.69) is 64.5 Å². The molecule has 0 saturated carbocycles. The normalized spacial score (nSPS) is 27.8. The molecule has 0 unspecified atom stereocenters. The first-order valence-electron chi connectivity index (χ1n) is 8.05. The molecule has 3 nitrogen and oxygen atoms in total. The molecule has 5 heteroatoms. The first-order chi connectivity index (χ1) is 11.0. The molecule has 0 spiro atoms. The van der Waals surface area contributed by atoms with Gasteiger partial charge < -0.3 is 9.47 Å². The fraction of sp³-hybridized carbons (Fsp3) is 0.526. The Morgan fingerprint density at radius 1 is 1.29 bits per heavy atom. The first-order valence-corrected chi connectivity index (χ1v) is 9.92. The Bertz CT molecular complexity index is 632. The summed E-state index contributed by atoms with van der Waals surface area (Å²) in [4.78, 5) is 12.1. The molecular formula is C19H24BrIO3. The van der Waals surface area contributed by atoms with Gasteiger partial charge in [-0.1, -0.05) is 53.2 Å². The highest BCUT2D eigenvalue weighted by Crippen LogP contribution is 2.50. The fourth-order valence-corrected chi connectivity index (χ4v) is 4.50. The van der Waals surface area contributed by atoms with Gasteiger partial charge in [0.2, 0.25) is 0 Å². The molecule has 3 atom stereocenters. The minimum Gasteiger partial charge on any atom is -0.429 e. The SMILES string of the molecule is C[C@@H]1C(c2ccccc2)=C(I)C[C@@H](OC(=O)OC(C)(C)C)[C@@]1(C)Br. The van der Waals surface area contributed by atoms with Crippen LogP contribution in [0.25, 0.3) is 5.57 Å². The van der Waals surface area contributed by atoms with Crippen molar-refractivity contribution < 1.29 is 14.3 Å². The number of hydrogen-bond acceptors (Lipinski definition) is 3. The summed E-state index contributed by atoms with van der Waals surface area (Å²) in [6.45, 7) is 9.76. The van der Waals surface area contributed by atoms with Crippen molar-refractivity contribution in [2.24, 2.45) is 5.92 Å². The molecule has 132 valence electrons. The van der Waals surface area contributed by atoms with Gasteiger partial charge in [-0.25, -0.2) is 4.79 Å². The van der Waals surface area contributed by atoms with Gasteiger partial charge >= 0.3 is 6.16 Å². The second-order valence-electron chi connectivity index (χ2n) is 7.33. The Labute approximate surface area is 166 Å². The summed E-state index contributed by atoms with van der Waals surface area (Å²) in [5.74, 6) is 0.188. The minimum absolute atomic E-state index is 0.188. The topological polar surface area (TPSA) is 35.5 Å². The van der Waals surface area contributed by atoms with E-state index in [1.54, 1.807) is 0 Å². The van der Waals surface area contributed by atoms with Crippen LogP contribution in [0.5, 0.6) is 0 Å². The number of benzene rings is 1. The van der Waals surface area contributed by atoms with E-state index in [1.807, 2.05) is 39.0 Å². The van der Waals surface area contributed by atoms with Crippen LogP contribution < -0.4 is 0 Å².